The van der Waals surface area contributed by atoms with E-state index in [4.69, 9.17) is 9.47 Å². The van der Waals surface area contributed by atoms with Crippen LogP contribution in [0.3, 0.4) is 0 Å². The van der Waals surface area contributed by atoms with Gasteiger partial charge in [0.2, 0.25) is 5.13 Å². The summed E-state index contributed by atoms with van der Waals surface area (Å²) in [4.78, 5) is 4.50. The third-order valence-corrected chi connectivity index (χ3v) is 4.36. The molecule has 0 bridgehead atoms. The number of fused-ring (bicyclic) bond motifs is 1. The third-order valence-electron chi connectivity index (χ3n) is 3.41. The summed E-state index contributed by atoms with van der Waals surface area (Å²) in [5.74, 6) is 1.38. The molecule has 0 amide bonds. The van der Waals surface area contributed by atoms with Gasteiger partial charge in [0.15, 0.2) is 11.5 Å². The monoisotopic (exact) mass is 327 g/mol. The van der Waals surface area contributed by atoms with E-state index in [2.05, 4.69) is 15.5 Å². The molecule has 1 aromatic heterocycles. The van der Waals surface area contributed by atoms with E-state index in [0.29, 0.717) is 11.5 Å². The predicted molar refractivity (Wildman–Crippen MR) is 95.0 cm³/mol. The minimum atomic E-state index is 0.680. The number of hydrogen-bond acceptors (Lipinski definition) is 6. The first-order valence-corrected chi connectivity index (χ1v) is 7.91. The van der Waals surface area contributed by atoms with E-state index in [-0.39, 0.29) is 0 Å². The largest absolute Gasteiger partial charge is 0.493 e. The van der Waals surface area contributed by atoms with Gasteiger partial charge in [-0.05, 0) is 37.3 Å². The molecule has 0 saturated heterocycles. The van der Waals surface area contributed by atoms with Crippen LogP contribution in [0.1, 0.15) is 12.5 Å². The molecule has 0 fully saturated rings. The number of aromatic nitrogens is 1. The standard InChI is InChI=1S/C17H17N3O2S/c1-11(12-8-9-14(21-2)15(10-12)22-3)19-20-17-18-13-6-4-5-7-16(13)23-17/h4-10H,1-3H3,(H,18,20). The fourth-order valence-corrected chi connectivity index (χ4v) is 2.99. The Bertz CT molecular complexity index is 825. The maximum atomic E-state index is 5.32. The summed E-state index contributed by atoms with van der Waals surface area (Å²) in [5.41, 5.74) is 5.79. The number of rotatable bonds is 5. The van der Waals surface area contributed by atoms with Gasteiger partial charge in [0, 0.05) is 5.56 Å². The summed E-state index contributed by atoms with van der Waals surface area (Å²) < 4.78 is 11.7. The molecular formula is C17H17N3O2S. The van der Waals surface area contributed by atoms with E-state index in [9.17, 15) is 0 Å². The highest BCUT2D eigenvalue weighted by molar-refractivity contribution is 7.22. The fraction of sp³-hybridized carbons (Fsp3) is 0.176. The third kappa shape index (κ3) is 3.27. The van der Waals surface area contributed by atoms with E-state index in [1.54, 1.807) is 25.6 Å². The predicted octanol–water partition coefficient (Wildman–Crippen LogP) is 4.15. The van der Waals surface area contributed by atoms with E-state index in [1.165, 1.54) is 0 Å². The zero-order chi connectivity index (χ0) is 16.2. The smallest absolute Gasteiger partial charge is 0.204 e. The minimum absolute atomic E-state index is 0.680. The van der Waals surface area contributed by atoms with Crippen molar-refractivity contribution in [3.8, 4) is 11.5 Å². The van der Waals surface area contributed by atoms with Crippen molar-refractivity contribution in [3.05, 3.63) is 48.0 Å². The van der Waals surface area contributed by atoms with Gasteiger partial charge in [0.25, 0.3) is 0 Å². The lowest BCUT2D eigenvalue weighted by atomic mass is 10.1. The number of para-hydroxylation sites is 1. The van der Waals surface area contributed by atoms with Gasteiger partial charge >= 0.3 is 0 Å². The first kappa shape index (κ1) is 15.3. The van der Waals surface area contributed by atoms with E-state index in [1.807, 2.05) is 49.4 Å². The topological polar surface area (TPSA) is 55.7 Å². The number of anilines is 1. The minimum Gasteiger partial charge on any atom is -0.493 e. The van der Waals surface area contributed by atoms with Crippen LogP contribution < -0.4 is 14.9 Å². The Hall–Kier alpha value is -2.60. The van der Waals surface area contributed by atoms with Crippen LogP contribution in [0.4, 0.5) is 5.13 Å². The van der Waals surface area contributed by atoms with Crippen molar-refractivity contribution in [3.63, 3.8) is 0 Å². The average Bonchev–Trinajstić information content (AvgIpc) is 3.01. The molecule has 0 aliphatic heterocycles. The van der Waals surface area contributed by atoms with Gasteiger partial charge in [-0.25, -0.2) is 4.98 Å². The zero-order valence-electron chi connectivity index (χ0n) is 13.2. The number of hydrogen-bond donors (Lipinski definition) is 1. The first-order chi connectivity index (χ1) is 11.2. The van der Waals surface area contributed by atoms with Gasteiger partial charge in [-0.2, -0.15) is 5.10 Å². The Labute approximate surface area is 138 Å². The summed E-state index contributed by atoms with van der Waals surface area (Å²) in [7, 11) is 3.24. The second-order valence-corrected chi connectivity index (χ2v) is 5.90. The molecule has 118 valence electrons. The molecule has 0 saturated carbocycles. The molecule has 3 aromatic rings. The van der Waals surface area contributed by atoms with Gasteiger partial charge in [0.05, 0.1) is 30.1 Å². The maximum absolute atomic E-state index is 5.32. The number of thiazole rings is 1. The van der Waals surface area contributed by atoms with Crippen LogP contribution in [0.25, 0.3) is 10.2 Å². The van der Waals surface area contributed by atoms with Crippen LogP contribution in [-0.4, -0.2) is 24.9 Å². The Morgan fingerprint density at radius 3 is 2.61 bits per heavy atom. The molecule has 0 aliphatic carbocycles. The van der Waals surface area contributed by atoms with Crippen molar-refractivity contribution in [2.75, 3.05) is 19.6 Å². The van der Waals surface area contributed by atoms with Crippen LogP contribution >= 0.6 is 11.3 Å². The SMILES string of the molecule is COc1ccc(C(C)=NNc2nc3ccccc3s2)cc1OC. The van der Waals surface area contributed by atoms with Gasteiger partial charge in [-0.15, -0.1) is 0 Å². The molecule has 23 heavy (non-hydrogen) atoms. The summed E-state index contributed by atoms with van der Waals surface area (Å²) in [6.07, 6.45) is 0. The molecule has 5 nitrogen and oxygen atoms in total. The van der Waals surface area contributed by atoms with Crippen molar-refractivity contribution in [2.45, 2.75) is 6.92 Å². The highest BCUT2D eigenvalue weighted by Gasteiger charge is 2.07. The van der Waals surface area contributed by atoms with Gasteiger partial charge in [-0.3, -0.25) is 5.43 Å². The lowest BCUT2D eigenvalue weighted by Gasteiger charge is -2.09. The van der Waals surface area contributed by atoms with Crippen LogP contribution in [0.15, 0.2) is 47.6 Å². The normalized spacial score (nSPS) is 11.5. The maximum Gasteiger partial charge on any atom is 0.204 e. The Morgan fingerprint density at radius 1 is 1.09 bits per heavy atom. The van der Waals surface area contributed by atoms with Crippen molar-refractivity contribution in [1.82, 2.24) is 4.98 Å². The van der Waals surface area contributed by atoms with Gasteiger partial charge in [-0.1, -0.05) is 23.5 Å². The van der Waals surface area contributed by atoms with Gasteiger partial charge in [0.1, 0.15) is 0 Å². The first-order valence-electron chi connectivity index (χ1n) is 7.09. The lowest BCUT2D eigenvalue weighted by Crippen LogP contribution is -2.01. The summed E-state index contributed by atoms with van der Waals surface area (Å²) >= 11 is 1.57. The van der Waals surface area contributed by atoms with Crippen LogP contribution in [0.2, 0.25) is 0 Å². The molecular weight excluding hydrogens is 310 g/mol. The Morgan fingerprint density at radius 2 is 1.87 bits per heavy atom. The summed E-state index contributed by atoms with van der Waals surface area (Å²) in [6.45, 7) is 1.93. The number of nitrogens with one attached hydrogen (secondary N) is 1. The average molecular weight is 327 g/mol. The van der Waals surface area contributed by atoms with Crippen LogP contribution in [-0.2, 0) is 0 Å². The quantitative estimate of drug-likeness (QED) is 0.565. The highest BCUT2D eigenvalue weighted by atomic mass is 32.1. The van der Waals surface area contributed by atoms with E-state index < -0.39 is 0 Å². The molecule has 0 spiro atoms. The molecule has 0 atom stereocenters. The van der Waals surface area contributed by atoms with Crippen molar-refractivity contribution in [2.24, 2.45) is 5.10 Å². The summed E-state index contributed by atoms with van der Waals surface area (Å²) in [6, 6.07) is 13.7. The number of methoxy groups -OCH3 is 2. The second-order valence-electron chi connectivity index (χ2n) is 4.87. The van der Waals surface area contributed by atoms with Gasteiger partial charge < -0.3 is 9.47 Å². The molecule has 2 aromatic carbocycles. The number of nitrogens with zero attached hydrogens (tertiary/aromatic N) is 2. The molecule has 1 N–H and O–H groups in total. The van der Waals surface area contributed by atoms with Crippen molar-refractivity contribution < 1.29 is 9.47 Å². The molecule has 0 unspecified atom stereocenters. The number of hydrazone groups is 1. The zero-order valence-corrected chi connectivity index (χ0v) is 14.0. The number of ether oxygens (including phenoxy) is 2. The van der Waals surface area contributed by atoms with Crippen molar-refractivity contribution in [1.29, 1.82) is 0 Å². The Kier molecular flexibility index (Phi) is 4.43. The molecule has 0 radical (unpaired) electrons. The lowest BCUT2D eigenvalue weighted by molar-refractivity contribution is 0.355. The second kappa shape index (κ2) is 6.66. The highest BCUT2D eigenvalue weighted by Crippen LogP contribution is 2.28. The van der Waals surface area contributed by atoms with E-state index >= 15 is 0 Å². The number of benzene rings is 2. The molecule has 0 aliphatic rings. The molecule has 6 heteroatoms. The van der Waals surface area contributed by atoms with Crippen LogP contribution in [0, 0.1) is 0 Å². The fourth-order valence-electron chi connectivity index (χ4n) is 2.18. The molecule has 3 rings (SSSR count). The molecule has 1 heterocycles. The Balaban J connectivity index is 1.81. The van der Waals surface area contributed by atoms with E-state index in [0.717, 1.165) is 26.6 Å². The van der Waals surface area contributed by atoms with Crippen LogP contribution in [0.5, 0.6) is 11.5 Å². The summed E-state index contributed by atoms with van der Waals surface area (Å²) in [5, 5.41) is 5.18. The van der Waals surface area contributed by atoms with Crippen molar-refractivity contribution >= 4 is 32.4 Å².